The van der Waals surface area contributed by atoms with Gasteiger partial charge in [-0.05, 0) is 25.3 Å². The third-order valence-electron chi connectivity index (χ3n) is 3.23. The molecular formula is C11H20N4S. The van der Waals surface area contributed by atoms with Crippen molar-refractivity contribution in [1.82, 2.24) is 20.5 Å². The lowest BCUT2D eigenvalue weighted by Gasteiger charge is -2.23. The van der Waals surface area contributed by atoms with Gasteiger partial charge in [0.1, 0.15) is 6.33 Å². The van der Waals surface area contributed by atoms with Crippen molar-refractivity contribution in [2.75, 3.05) is 12.3 Å². The summed E-state index contributed by atoms with van der Waals surface area (Å²) in [5.74, 6) is 1.95. The molecule has 1 aliphatic rings. The molecule has 2 N–H and O–H groups in total. The number of thioether (sulfide) groups is 1. The number of hydrogen-bond acceptors (Lipinski definition) is 4. The first-order valence-corrected chi connectivity index (χ1v) is 7.10. The van der Waals surface area contributed by atoms with Gasteiger partial charge in [0.15, 0.2) is 5.16 Å². The van der Waals surface area contributed by atoms with Gasteiger partial charge in [-0.25, -0.2) is 4.98 Å². The van der Waals surface area contributed by atoms with Crippen LogP contribution in [-0.4, -0.2) is 33.5 Å². The fourth-order valence-electron chi connectivity index (χ4n) is 2.42. The Morgan fingerprint density at radius 1 is 1.56 bits per heavy atom. The Bertz CT molecular complexity index is 282. The Labute approximate surface area is 101 Å². The fraction of sp³-hybridized carbons (Fsp3) is 0.818. The van der Waals surface area contributed by atoms with E-state index in [0.717, 1.165) is 23.4 Å². The predicted octanol–water partition coefficient (Wildman–Crippen LogP) is 2.07. The standard InChI is InChI=1S/C11H20N4S/c1-2-12-10(9-5-3-4-6-9)7-16-11-13-8-14-15-11/h8-10,12H,2-7H2,1H3,(H,13,14,15). The van der Waals surface area contributed by atoms with Crippen LogP contribution in [0.3, 0.4) is 0 Å². The molecule has 1 atom stereocenters. The lowest BCUT2D eigenvalue weighted by atomic mass is 10.00. The van der Waals surface area contributed by atoms with E-state index in [9.17, 15) is 0 Å². The summed E-state index contributed by atoms with van der Waals surface area (Å²) in [6.45, 7) is 3.24. The van der Waals surface area contributed by atoms with Crippen molar-refractivity contribution in [3.05, 3.63) is 6.33 Å². The maximum absolute atomic E-state index is 4.14. The maximum atomic E-state index is 4.14. The van der Waals surface area contributed by atoms with Crippen molar-refractivity contribution in [3.63, 3.8) is 0 Å². The number of H-pyrrole nitrogens is 1. The summed E-state index contributed by atoms with van der Waals surface area (Å²) in [5, 5.41) is 11.3. The largest absolute Gasteiger partial charge is 0.313 e. The molecule has 5 heteroatoms. The van der Waals surface area contributed by atoms with Gasteiger partial charge in [0.2, 0.25) is 0 Å². The molecule has 1 fully saturated rings. The first-order valence-electron chi connectivity index (χ1n) is 6.11. The van der Waals surface area contributed by atoms with Crippen LogP contribution in [0.1, 0.15) is 32.6 Å². The first kappa shape index (κ1) is 11.9. The highest BCUT2D eigenvalue weighted by Crippen LogP contribution is 2.29. The summed E-state index contributed by atoms with van der Waals surface area (Å²) in [7, 11) is 0. The molecule has 1 saturated carbocycles. The molecule has 0 radical (unpaired) electrons. The van der Waals surface area contributed by atoms with Gasteiger partial charge in [-0.2, -0.15) is 5.10 Å². The van der Waals surface area contributed by atoms with E-state index < -0.39 is 0 Å². The normalized spacial score (nSPS) is 19.1. The van der Waals surface area contributed by atoms with E-state index in [4.69, 9.17) is 0 Å². The predicted molar refractivity (Wildman–Crippen MR) is 66.5 cm³/mol. The van der Waals surface area contributed by atoms with Crippen LogP contribution in [0.2, 0.25) is 0 Å². The zero-order valence-corrected chi connectivity index (χ0v) is 10.6. The lowest BCUT2D eigenvalue weighted by Crippen LogP contribution is -2.37. The Morgan fingerprint density at radius 3 is 3.00 bits per heavy atom. The number of nitrogens with zero attached hydrogens (tertiary/aromatic N) is 2. The van der Waals surface area contributed by atoms with Gasteiger partial charge in [-0.3, -0.25) is 5.10 Å². The molecule has 1 aliphatic carbocycles. The summed E-state index contributed by atoms with van der Waals surface area (Å²) in [4.78, 5) is 4.14. The van der Waals surface area contributed by atoms with Crippen LogP contribution in [-0.2, 0) is 0 Å². The van der Waals surface area contributed by atoms with Crippen LogP contribution in [0.15, 0.2) is 11.5 Å². The molecular weight excluding hydrogens is 220 g/mol. The summed E-state index contributed by atoms with van der Waals surface area (Å²) in [5.41, 5.74) is 0. The number of aromatic nitrogens is 3. The highest BCUT2D eigenvalue weighted by Gasteiger charge is 2.24. The zero-order valence-electron chi connectivity index (χ0n) is 9.78. The Balaban J connectivity index is 1.82. The smallest absolute Gasteiger partial charge is 0.183 e. The molecule has 16 heavy (non-hydrogen) atoms. The van der Waals surface area contributed by atoms with Crippen molar-refractivity contribution in [2.45, 2.75) is 43.8 Å². The second kappa shape index (κ2) is 6.25. The molecule has 0 aromatic carbocycles. The van der Waals surface area contributed by atoms with Gasteiger partial charge in [-0.1, -0.05) is 31.5 Å². The number of hydrogen-bond donors (Lipinski definition) is 2. The maximum Gasteiger partial charge on any atom is 0.183 e. The summed E-state index contributed by atoms with van der Waals surface area (Å²) < 4.78 is 0. The van der Waals surface area contributed by atoms with E-state index in [2.05, 4.69) is 27.4 Å². The third-order valence-corrected chi connectivity index (χ3v) is 4.22. The highest BCUT2D eigenvalue weighted by molar-refractivity contribution is 7.99. The minimum Gasteiger partial charge on any atom is -0.313 e. The van der Waals surface area contributed by atoms with Crippen LogP contribution >= 0.6 is 11.8 Å². The van der Waals surface area contributed by atoms with Crippen molar-refractivity contribution < 1.29 is 0 Å². The van der Waals surface area contributed by atoms with Gasteiger partial charge in [0, 0.05) is 11.8 Å². The molecule has 0 amide bonds. The Kier molecular flexibility index (Phi) is 4.66. The SMILES string of the molecule is CCNC(CSc1ncn[nH]1)C1CCCC1. The van der Waals surface area contributed by atoms with E-state index >= 15 is 0 Å². The summed E-state index contributed by atoms with van der Waals surface area (Å²) in [6.07, 6.45) is 7.14. The van der Waals surface area contributed by atoms with E-state index in [1.807, 2.05) is 0 Å². The molecule has 1 aromatic heterocycles. The van der Waals surface area contributed by atoms with Crippen molar-refractivity contribution >= 4 is 11.8 Å². The molecule has 2 rings (SSSR count). The van der Waals surface area contributed by atoms with Crippen molar-refractivity contribution in [2.24, 2.45) is 5.92 Å². The number of aromatic amines is 1. The molecule has 1 aromatic rings. The van der Waals surface area contributed by atoms with Gasteiger partial charge < -0.3 is 5.32 Å². The zero-order chi connectivity index (χ0) is 11.2. The number of nitrogens with one attached hydrogen (secondary N) is 2. The van der Waals surface area contributed by atoms with E-state index in [-0.39, 0.29) is 0 Å². The molecule has 90 valence electrons. The minimum atomic E-state index is 0.627. The summed E-state index contributed by atoms with van der Waals surface area (Å²) >= 11 is 1.77. The van der Waals surface area contributed by atoms with E-state index in [1.54, 1.807) is 18.1 Å². The Morgan fingerprint density at radius 2 is 2.38 bits per heavy atom. The first-order chi connectivity index (χ1) is 7.90. The van der Waals surface area contributed by atoms with Crippen LogP contribution in [0.25, 0.3) is 0 Å². The molecule has 0 bridgehead atoms. The van der Waals surface area contributed by atoms with Crippen LogP contribution in [0.4, 0.5) is 0 Å². The monoisotopic (exact) mass is 240 g/mol. The molecule has 1 heterocycles. The molecule has 0 aliphatic heterocycles. The average molecular weight is 240 g/mol. The lowest BCUT2D eigenvalue weighted by molar-refractivity contribution is 0.394. The minimum absolute atomic E-state index is 0.627. The molecule has 1 unspecified atom stereocenters. The molecule has 0 saturated heterocycles. The van der Waals surface area contributed by atoms with Crippen LogP contribution < -0.4 is 5.32 Å². The second-order valence-electron chi connectivity index (χ2n) is 4.31. The fourth-order valence-corrected chi connectivity index (χ4v) is 3.38. The van der Waals surface area contributed by atoms with Gasteiger partial charge in [0.05, 0.1) is 0 Å². The van der Waals surface area contributed by atoms with Crippen LogP contribution in [0.5, 0.6) is 0 Å². The molecule has 4 nitrogen and oxygen atoms in total. The van der Waals surface area contributed by atoms with Crippen LogP contribution in [0, 0.1) is 5.92 Å². The topological polar surface area (TPSA) is 53.6 Å². The van der Waals surface area contributed by atoms with E-state index in [1.165, 1.54) is 25.7 Å². The quantitative estimate of drug-likeness (QED) is 0.747. The average Bonchev–Trinajstić information content (AvgIpc) is 2.96. The van der Waals surface area contributed by atoms with Gasteiger partial charge in [-0.15, -0.1) is 0 Å². The van der Waals surface area contributed by atoms with Crippen molar-refractivity contribution in [3.8, 4) is 0 Å². The second-order valence-corrected chi connectivity index (χ2v) is 5.32. The Hall–Kier alpha value is -0.550. The van der Waals surface area contributed by atoms with Gasteiger partial charge >= 0.3 is 0 Å². The third kappa shape index (κ3) is 3.22. The summed E-state index contributed by atoms with van der Waals surface area (Å²) in [6, 6.07) is 0.627. The highest BCUT2D eigenvalue weighted by atomic mass is 32.2. The number of rotatable bonds is 6. The van der Waals surface area contributed by atoms with Crippen molar-refractivity contribution in [1.29, 1.82) is 0 Å². The van der Waals surface area contributed by atoms with Gasteiger partial charge in [0.25, 0.3) is 0 Å². The van der Waals surface area contributed by atoms with E-state index in [0.29, 0.717) is 6.04 Å². The molecule has 0 spiro atoms.